The summed E-state index contributed by atoms with van der Waals surface area (Å²) in [5.74, 6) is 0.798. The van der Waals surface area contributed by atoms with Gasteiger partial charge in [-0.2, -0.15) is 15.5 Å². The lowest BCUT2D eigenvalue weighted by Gasteiger charge is -2.66. The summed E-state index contributed by atoms with van der Waals surface area (Å²) in [7, 11) is 0. The largest absolute Gasteiger partial charge is 0.490 e. The van der Waals surface area contributed by atoms with Gasteiger partial charge in [-0.05, 0) is 56.9 Å². The zero-order valence-corrected chi connectivity index (χ0v) is 19.4. The van der Waals surface area contributed by atoms with E-state index >= 15 is 0 Å². The standard InChI is InChI=1S/C24H21ClN6O3/c1-3-33-16-8-14(5-4-6-26)7-15(25)19(16)34-21-17-13(2)28-20(32)18(17)29-22(30-21)31-24-9-23(10-24,11-24)12-27/h4-5,7-8,13H,3,9-11H2,1-2H3,(H,28,32)(H,29,30,31)/b5-4+. The highest BCUT2D eigenvalue weighted by Crippen LogP contribution is 2.67. The number of halogens is 1. The molecule has 6 rings (SSSR count). The Morgan fingerprint density at radius 1 is 1.32 bits per heavy atom. The number of hydrogen-bond acceptors (Lipinski definition) is 8. The van der Waals surface area contributed by atoms with Crippen LogP contribution in [0.2, 0.25) is 5.02 Å². The van der Waals surface area contributed by atoms with Crippen LogP contribution in [0.15, 0.2) is 18.2 Å². The number of nitriles is 2. The zero-order chi connectivity index (χ0) is 24.1. The van der Waals surface area contributed by atoms with E-state index in [-0.39, 0.29) is 51.2 Å². The maximum Gasteiger partial charge on any atom is 0.271 e. The zero-order valence-electron chi connectivity index (χ0n) is 18.6. The smallest absolute Gasteiger partial charge is 0.271 e. The molecule has 1 aromatic carbocycles. The molecule has 1 aromatic heterocycles. The molecule has 34 heavy (non-hydrogen) atoms. The van der Waals surface area contributed by atoms with E-state index < -0.39 is 0 Å². The molecule has 3 saturated carbocycles. The SMILES string of the molecule is CCOc1cc(/C=C/C#N)cc(Cl)c1Oc1nc(NC23CC(C#N)(C2)C3)nc2c1C(C)NC2=O. The molecule has 10 heteroatoms. The minimum atomic E-state index is -0.351. The molecule has 0 radical (unpaired) electrons. The van der Waals surface area contributed by atoms with Crippen LogP contribution in [0.5, 0.6) is 17.4 Å². The first-order valence-corrected chi connectivity index (χ1v) is 11.3. The molecule has 2 heterocycles. The van der Waals surface area contributed by atoms with Gasteiger partial charge in [0.2, 0.25) is 11.8 Å². The second-order valence-corrected chi connectivity index (χ2v) is 9.37. The Morgan fingerprint density at radius 2 is 2.09 bits per heavy atom. The first-order valence-electron chi connectivity index (χ1n) is 10.9. The fraction of sp³-hybridized carbons (Fsp3) is 0.375. The third-order valence-corrected chi connectivity index (χ3v) is 6.71. The summed E-state index contributed by atoms with van der Waals surface area (Å²) in [5.41, 5.74) is 0.997. The van der Waals surface area contributed by atoms with Gasteiger partial charge in [0, 0.05) is 11.6 Å². The van der Waals surface area contributed by atoms with Gasteiger partial charge in [-0.25, -0.2) is 4.98 Å². The second-order valence-electron chi connectivity index (χ2n) is 8.97. The minimum absolute atomic E-state index is 0.197. The Labute approximate surface area is 201 Å². The number of allylic oxidation sites excluding steroid dienone is 1. The molecule has 1 aliphatic heterocycles. The number of carbonyl (C=O) groups excluding carboxylic acids is 1. The average molecular weight is 477 g/mol. The summed E-state index contributed by atoms with van der Waals surface area (Å²) in [6, 6.07) is 7.34. The summed E-state index contributed by atoms with van der Waals surface area (Å²) in [5, 5.41) is 24.6. The Kier molecular flexibility index (Phi) is 5.11. The number of hydrogen-bond donors (Lipinski definition) is 2. The summed E-state index contributed by atoms with van der Waals surface area (Å²) >= 11 is 6.54. The lowest BCUT2D eigenvalue weighted by atomic mass is 9.40. The first-order chi connectivity index (χ1) is 16.3. The highest BCUT2D eigenvalue weighted by molar-refractivity contribution is 6.32. The Bertz CT molecular complexity index is 1310. The molecule has 1 atom stereocenters. The number of aromatic nitrogens is 2. The molecular formula is C24H21ClN6O3. The molecule has 0 spiro atoms. The Morgan fingerprint density at radius 3 is 2.76 bits per heavy atom. The lowest BCUT2D eigenvalue weighted by molar-refractivity contribution is -0.0665. The van der Waals surface area contributed by atoms with E-state index in [1.807, 2.05) is 19.9 Å². The van der Waals surface area contributed by atoms with Crippen LogP contribution < -0.4 is 20.1 Å². The van der Waals surface area contributed by atoms with E-state index in [0.717, 1.165) is 19.3 Å². The lowest BCUT2D eigenvalue weighted by Crippen LogP contribution is -2.70. The summed E-state index contributed by atoms with van der Waals surface area (Å²) in [6.45, 7) is 4.03. The van der Waals surface area contributed by atoms with Crippen molar-refractivity contribution in [2.45, 2.75) is 44.7 Å². The molecule has 9 nitrogen and oxygen atoms in total. The van der Waals surface area contributed by atoms with Crippen molar-refractivity contribution in [2.75, 3.05) is 11.9 Å². The van der Waals surface area contributed by atoms with Crippen molar-refractivity contribution in [1.29, 1.82) is 10.5 Å². The minimum Gasteiger partial charge on any atom is -0.490 e. The van der Waals surface area contributed by atoms with Crippen LogP contribution in [0.1, 0.15) is 60.8 Å². The third kappa shape index (κ3) is 3.49. The number of amides is 1. The molecule has 3 aliphatic carbocycles. The van der Waals surface area contributed by atoms with Gasteiger partial charge in [0.25, 0.3) is 5.91 Å². The van der Waals surface area contributed by atoms with Gasteiger partial charge >= 0.3 is 0 Å². The molecule has 3 fully saturated rings. The molecule has 172 valence electrons. The highest BCUT2D eigenvalue weighted by atomic mass is 35.5. The van der Waals surface area contributed by atoms with Crippen LogP contribution in [-0.4, -0.2) is 28.0 Å². The van der Waals surface area contributed by atoms with Gasteiger partial charge in [-0.3, -0.25) is 4.79 Å². The van der Waals surface area contributed by atoms with E-state index in [9.17, 15) is 10.1 Å². The van der Waals surface area contributed by atoms with Crippen molar-refractivity contribution in [3.8, 4) is 29.5 Å². The average Bonchev–Trinajstić information content (AvgIpc) is 3.04. The quantitative estimate of drug-likeness (QED) is 0.557. The summed E-state index contributed by atoms with van der Waals surface area (Å²) < 4.78 is 11.9. The number of ether oxygens (including phenoxy) is 2. The van der Waals surface area contributed by atoms with Gasteiger partial charge in [-0.1, -0.05) is 11.6 Å². The number of benzene rings is 1. The Hall–Kier alpha value is -3.82. The maximum absolute atomic E-state index is 12.6. The van der Waals surface area contributed by atoms with Crippen molar-refractivity contribution in [1.82, 2.24) is 15.3 Å². The molecule has 2 bridgehead atoms. The van der Waals surface area contributed by atoms with Crippen LogP contribution >= 0.6 is 11.6 Å². The van der Waals surface area contributed by atoms with E-state index in [1.165, 1.54) is 6.08 Å². The van der Waals surface area contributed by atoms with E-state index in [4.69, 9.17) is 26.3 Å². The van der Waals surface area contributed by atoms with Crippen molar-refractivity contribution in [2.24, 2.45) is 5.41 Å². The molecule has 2 aromatic rings. The molecular weight excluding hydrogens is 456 g/mol. The number of carbonyl (C=O) groups is 1. The van der Waals surface area contributed by atoms with Crippen LogP contribution in [0.3, 0.4) is 0 Å². The number of anilines is 1. The topological polar surface area (TPSA) is 133 Å². The van der Waals surface area contributed by atoms with Gasteiger partial charge in [0.05, 0.1) is 40.8 Å². The van der Waals surface area contributed by atoms with Crippen LogP contribution in [0, 0.1) is 28.1 Å². The van der Waals surface area contributed by atoms with Gasteiger partial charge in [0.15, 0.2) is 11.5 Å². The monoisotopic (exact) mass is 476 g/mol. The normalized spacial score (nSPS) is 25.9. The van der Waals surface area contributed by atoms with E-state index in [2.05, 4.69) is 26.7 Å². The number of fused-ring (bicyclic) bond motifs is 1. The van der Waals surface area contributed by atoms with Crippen molar-refractivity contribution < 1.29 is 14.3 Å². The fourth-order valence-electron chi connectivity index (χ4n) is 5.04. The second kappa shape index (κ2) is 7.89. The van der Waals surface area contributed by atoms with Crippen molar-refractivity contribution in [3.05, 3.63) is 40.1 Å². The van der Waals surface area contributed by atoms with Crippen molar-refractivity contribution >= 4 is 29.5 Å². The third-order valence-electron chi connectivity index (χ3n) is 6.43. The molecule has 0 saturated heterocycles. The molecule has 4 aliphatic rings. The number of nitrogens with one attached hydrogen (secondary N) is 2. The van der Waals surface area contributed by atoms with Crippen LogP contribution in [0.4, 0.5) is 5.95 Å². The first kappa shape index (κ1) is 22.0. The molecule has 1 unspecified atom stereocenters. The predicted octanol–water partition coefficient (Wildman–Crippen LogP) is 4.52. The number of nitrogens with zero attached hydrogens (tertiary/aromatic N) is 4. The highest BCUT2D eigenvalue weighted by Gasteiger charge is 2.69. The van der Waals surface area contributed by atoms with Gasteiger partial charge < -0.3 is 20.1 Å². The summed E-state index contributed by atoms with van der Waals surface area (Å²) in [4.78, 5) is 21.6. The van der Waals surface area contributed by atoms with E-state index in [0.29, 0.717) is 23.5 Å². The predicted molar refractivity (Wildman–Crippen MR) is 124 cm³/mol. The van der Waals surface area contributed by atoms with Gasteiger partial charge in [-0.15, -0.1) is 0 Å². The van der Waals surface area contributed by atoms with Crippen molar-refractivity contribution in [3.63, 3.8) is 0 Å². The molecule has 1 amide bonds. The maximum atomic E-state index is 12.6. The Balaban J connectivity index is 1.53. The van der Waals surface area contributed by atoms with E-state index in [1.54, 1.807) is 18.2 Å². The van der Waals surface area contributed by atoms with Gasteiger partial charge in [0.1, 0.15) is 5.69 Å². The fourth-order valence-corrected chi connectivity index (χ4v) is 5.29. The number of rotatable bonds is 7. The van der Waals surface area contributed by atoms with Crippen LogP contribution in [-0.2, 0) is 0 Å². The molecule has 2 N–H and O–H groups in total. The summed E-state index contributed by atoms with van der Waals surface area (Å²) in [6.07, 6.45) is 5.15. The van der Waals surface area contributed by atoms with Crippen LogP contribution in [0.25, 0.3) is 6.08 Å².